The largest absolute Gasteiger partial charge is 0.456 e. The first-order valence-electron chi connectivity index (χ1n) is 9.28. The minimum Gasteiger partial charge on any atom is -0.456 e. The molecular weight excluding hydrogens is 304 g/mol. The van der Waals surface area contributed by atoms with Crippen LogP contribution in [0.1, 0.15) is 66.8 Å². The van der Waals surface area contributed by atoms with Gasteiger partial charge in [0.25, 0.3) is 5.91 Å². The number of carbonyl (C=O) groups excluding carboxylic acids is 1. The van der Waals surface area contributed by atoms with Gasteiger partial charge in [-0.3, -0.25) is 4.79 Å². The molecule has 1 aromatic heterocycles. The van der Waals surface area contributed by atoms with Crippen LogP contribution in [-0.2, 0) is 0 Å². The van der Waals surface area contributed by atoms with Crippen LogP contribution < -0.4 is 5.32 Å². The number of nitrogens with zero attached hydrogens (tertiary/aromatic N) is 1. The summed E-state index contributed by atoms with van der Waals surface area (Å²) < 4.78 is 5.50. The van der Waals surface area contributed by atoms with Crippen molar-refractivity contribution < 1.29 is 14.3 Å². The molecule has 0 unspecified atom stereocenters. The molecule has 5 nitrogen and oxygen atoms in total. The van der Waals surface area contributed by atoms with E-state index in [1.807, 2.05) is 19.9 Å². The molecule has 2 aliphatic rings. The second-order valence-electron chi connectivity index (χ2n) is 7.68. The van der Waals surface area contributed by atoms with Gasteiger partial charge in [-0.1, -0.05) is 19.3 Å². The van der Waals surface area contributed by atoms with E-state index in [4.69, 9.17) is 4.42 Å². The van der Waals surface area contributed by atoms with Gasteiger partial charge in [0, 0.05) is 31.2 Å². The van der Waals surface area contributed by atoms with E-state index in [0.717, 1.165) is 69.5 Å². The molecule has 0 atom stereocenters. The van der Waals surface area contributed by atoms with Crippen LogP contribution in [0.3, 0.4) is 0 Å². The molecule has 0 spiro atoms. The molecule has 1 aromatic rings. The highest BCUT2D eigenvalue weighted by atomic mass is 16.3. The number of hydrogen-bond acceptors (Lipinski definition) is 4. The van der Waals surface area contributed by atoms with E-state index in [0.29, 0.717) is 5.76 Å². The Kier molecular flexibility index (Phi) is 5.30. The molecule has 1 saturated heterocycles. The number of amides is 1. The second kappa shape index (κ2) is 7.28. The Bertz CT molecular complexity index is 567. The molecular formula is C19H30N2O3. The van der Waals surface area contributed by atoms with E-state index >= 15 is 0 Å². The summed E-state index contributed by atoms with van der Waals surface area (Å²) in [5.41, 5.74) is 0.402. The second-order valence-corrected chi connectivity index (χ2v) is 7.68. The zero-order valence-corrected chi connectivity index (χ0v) is 14.9. The van der Waals surface area contributed by atoms with Gasteiger partial charge in [-0.15, -0.1) is 0 Å². The molecule has 1 aliphatic heterocycles. The van der Waals surface area contributed by atoms with Crippen LogP contribution in [0.2, 0.25) is 0 Å². The Morgan fingerprint density at radius 1 is 1.29 bits per heavy atom. The van der Waals surface area contributed by atoms with Gasteiger partial charge in [-0.25, -0.2) is 0 Å². The average molecular weight is 334 g/mol. The van der Waals surface area contributed by atoms with Gasteiger partial charge >= 0.3 is 0 Å². The standard InChI is InChI=1S/C19H30N2O3/c1-14-12-15(2)24-17(14)18(22)20-16-6-10-21(11-7-16)13-19(23)8-4-3-5-9-19/h12,16,23H,3-11,13H2,1-2H3,(H,20,22). The van der Waals surface area contributed by atoms with E-state index in [9.17, 15) is 9.90 Å². The van der Waals surface area contributed by atoms with Crippen LogP contribution in [0.4, 0.5) is 0 Å². The number of piperidine rings is 1. The monoisotopic (exact) mass is 334 g/mol. The predicted octanol–water partition coefficient (Wildman–Crippen LogP) is 2.79. The number of nitrogens with one attached hydrogen (secondary N) is 1. The quantitative estimate of drug-likeness (QED) is 0.888. The molecule has 2 heterocycles. The molecule has 1 saturated carbocycles. The van der Waals surface area contributed by atoms with Gasteiger partial charge in [-0.2, -0.15) is 0 Å². The summed E-state index contributed by atoms with van der Waals surface area (Å²) in [5.74, 6) is 1.10. The summed E-state index contributed by atoms with van der Waals surface area (Å²) in [6, 6.07) is 2.09. The maximum absolute atomic E-state index is 12.3. The first-order valence-corrected chi connectivity index (χ1v) is 9.28. The van der Waals surface area contributed by atoms with Crippen molar-refractivity contribution in [1.29, 1.82) is 0 Å². The minimum absolute atomic E-state index is 0.107. The lowest BCUT2D eigenvalue weighted by Crippen LogP contribution is -2.50. The molecule has 134 valence electrons. The van der Waals surface area contributed by atoms with Gasteiger partial charge in [0.15, 0.2) is 5.76 Å². The molecule has 1 amide bonds. The molecule has 0 radical (unpaired) electrons. The third kappa shape index (κ3) is 4.19. The molecule has 2 fully saturated rings. The van der Waals surface area contributed by atoms with Crippen LogP contribution in [0.5, 0.6) is 0 Å². The zero-order chi connectivity index (χ0) is 17.2. The Hall–Kier alpha value is -1.33. The number of hydrogen-bond donors (Lipinski definition) is 2. The number of aryl methyl sites for hydroxylation is 2. The number of rotatable bonds is 4. The van der Waals surface area contributed by atoms with Crippen molar-refractivity contribution >= 4 is 5.91 Å². The molecule has 0 aromatic carbocycles. The van der Waals surface area contributed by atoms with Crippen molar-refractivity contribution in [3.63, 3.8) is 0 Å². The Morgan fingerprint density at radius 3 is 2.54 bits per heavy atom. The van der Waals surface area contributed by atoms with Crippen LogP contribution in [-0.4, -0.2) is 47.2 Å². The Labute approximate surface area is 144 Å². The lowest BCUT2D eigenvalue weighted by molar-refractivity contribution is -0.0312. The maximum atomic E-state index is 12.3. The van der Waals surface area contributed by atoms with Gasteiger partial charge in [0.2, 0.25) is 0 Å². The third-order valence-corrected chi connectivity index (χ3v) is 5.47. The Morgan fingerprint density at radius 2 is 1.96 bits per heavy atom. The van der Waals surface area contributed by atoms with Crippen LogP contribution in [0, 0.1) is 13.8 Å². The van der Waals surface area contributed by atoms with E-state index in [1.165, 1.54) is 6.42 Å². The van der Waals surface area contributed by atoms with Crippen LogP contribution in [0.15, 0.2) is 10.5 Å². The topological polar surface area (TPSA) is 65.7 Å². The highest BCUT2D eigenvalue weighted by molar-refractivity contribution is 5.93. The first-order chi connectivity index (χ1) is 11.5. The molecule has 1 aliphatic carbocycles. The van der Waals surface area contributed by atoms with Crippen molar-refractivity contribution in [1.82, 2.24) is 10.2 Å². The maximum Gasteiger partial charge on any atom is 0.287 e. The van der Waals surface area contributed by atoms with Gasteiger partial charge in [-0.05, 0) is 45.6 Å². The number of likely N-dealkylation sites (tertiary alicyclic amines) is 1. The van der Waals surface area contributed by atoms with Gasteiger partial charge in [0.1, 0.15) is 5.76 Å². The summed E-state index contributed by atoms with van der Waals surface area (Å²) in [6.07, 6.45) is 7.26. The van der Waals surface area contributed by atoms with Crippen LogP contribution in [0.25, 0.3) is 0 Å². The smallest absolute Gasteiger partial charge is 0.287 e. The number of β-amino-alcohol motifs (C(OH)–C–C–N with tert-alkyl or cyclic N) is 1. The molecule has 24 heavy (non-hydrogen) atoms. The predicted molar refractivity (Wildman–Crippen MR) is 93.1 cm³/mol. The lowest BCUT2D eigenvalue weighted by atomic mass is 9.84. The summed E-state index contributed by atoms with van der Waals surface area (Å²) in [4.78, 5) is 14.7. The SMILES string of the molecule is Cc1cc(C)c(C(=O)NC2CCN(CC3(O)CCCCC3)CC2)o1. The average Bonchev–Trinajstić information content (AvgIpc) is 2.88. The summed E-state index contributed by atoms with van der Waals surface area (Å²) in [6.45, 7) is 6.41. The fourth-order valence-corrected chi connectivity index (χ4v) is 4.14. The molecule has 3 rings (SSSR count). The van der Waals surface area contributed by atoms with E-state index in [2.05, 4.69) is 10.2 Å². The van der Waals surface area contributed by atoms with Crippen molar-refractivity contribution in [3.8, 4) is 0 Å². The summed E-state index contributed by atoms with van der Waals surface area (Å²) in [5, 5.41) is 13.8. The van der Waals surface area contributed by atoms with E-state index in [1.54, 1.807) is 0 Å². The van der Waals surface area contributed by atoms with Crippen molar-refractivity contribution in [2.45, 2.75) is 70.4 Å². The van der Waals surface area contributed by atoms with Gasteiger partial charge < -0.3 is 19.7 Å². The fourth-order valence-electron chi connectivity index (χ4n) is 4.14. The minimum atomic E-state index is -0.489. The number of furan rings is 1. The summed E-state index contributed by atoms with van der Waals surface area (Å²) >= 11 is 0. The molecule has 5 heteroatoms. The van der Waals surface area contributed by atoms with Gasteiger partial charge in [0.05, 0.1) is 5.60 Å². The normalized spacial score (nSPS) is 22.5. The number of aliphatic hydroxyl groups is 1. The van der Waals surface area contributed by atoms with Crippen LogP contribution >= 0.6 is 0 Å². The lowest BCUT2D eigenvalue weighted by Gasteiger charge is -2.40. The van der Waals surface area contributed by atoms with Crippen molar-refractivity contribution in [2.75, 3.05) is 19.6 Å². The summed E-state index contributed by atoms with van der Waals surface area (Å²) in [7, 11) is 0. The third-order valence-electron chi connectivity index (χ3n) is 5.47. The highest BCUT2D eigenvalue weighted by Crippen LogP contribution is 2.29. The Balaban J connectivity index is 1.46. The number of carbonyl (C=O) groups is 1. The fraction of sp³-hybridized carbons (Fsp3) is 0.737. The van der Waals surface area contributed by atoms with Crippen molar-refractivity contribution in [3.05, 3.63) is 23.2 Å². The molecule has 2 N–H and O–H groups in total. The molecule has 0 bridgehead atoms. The van der Waals surface area contributed by atoms with Crippen molar-refractivity contribution in [2.24, 2.45) is 0 Å². The first kappa shape index (κ1) is 17.5. The highest BCUT2D eigenvalue weighted by Gasteiger charge is 2.33. The van der Waals surface area contributed by atoms with E-state index in [-0.39, 0.29) is 11.9 Å². The zero-order valence-electron chi connectivity index (χ0n) is 14.9. The van der Waals surface area contributed by atoms with E-state index < -0.39 is 5.60 Å².